The molecule has 2 aromatic rings. The predicted molar refractivity (Wildman–Crippen MR) is 131 cm³/mol. The summed E-state index contributed by atoms with van der Waals surface area (Å²) < 4.78 is 31.8. The molecule has 11 nitrogen and oxygen atoms in total. The van der Waals surface area contributed by atoms with Crippen LogP contribution in [0.2, 0.25) is 0 Å². The lowest BCUT2D eigenvalue weighted by Crippen LogP contribution is -2.56. The van der Waals surface area contributed by atoms with Gasteiger partial charge in [-0.05, 0) is 18.9 Å². The fraction of sp³-hybridized carbons (Fsp3) is 0.391. The summed E-state index contributed by atoms with van der Waals surface area (Å²) in [5, 5.41) is 14.4. The predicted octanol–water partition coefficient (Wildman–Crippen LogP) is 0.981. The quantitative estimate of drug-likeness (QED) is 0.561. The van der Waals surface area contributed by atoms with Gasteiger partial charge in [-0.15, -0.1) is 0 Å². The lowest BCUT2D eigenvalue weighted by atomic mass is 9.98. The molecule has 2 aromatic heterocycles. The van der Waals surface area contributed by atoms with E-state index >= 15 is 0 Å². The molecule has 1 amide bonds. The third kappa shape index (κ3) is 4.78. The zero-order valence-corrected chi connectivity index (χ0v) is 20.2. The summed E-state index contributed by atoms with van der Waals surface area (Å²) >= 11 is 0. The van der Waals surface area contributed by atoms with E-state index in [0.29, 0.717) is 48.3 Å². The normalized spacial score (nSPS) is 18.5. The Balaban J connectivity index is 1.37. The number of amides is 1. The molecule has 2 aliphatic rings. The number of fused-ring (bicyclic) bond motifs is 1. The standard InChI is InChI=1S/C23H27N7O4S/c1-3-35(32,33)29-13-19(14-29)23(31)28-6-4-20(5-7-28)26-11-17(9-24)16-8-21(34-2)22-18(10-25)12-27-30(22)15-16/h3,8-9,11-12,15,19-20H,1,4-7,13-14,24H2,2H3/b17-9+,26-11?. The highest BCUT2D eigenvalue weighted by Gasteiger charge is 2.40. The van der Waals surface area contributed by atoms with Gasteiger partial charge < -0.3 is 15.4 Å². The van der Waals surface area contributed by atoms with E-state index < -0.39 is 10.0 Å². The van der Waals surface area contributed by atoms with Crippen LogP contribution in [-0.4, -0.2) is 78.7 Å². The number of hydrogen-bond acceptors (Lipinski definition) is 8. The Labute approximate surface area is 203 Å². The summed E-state index contributed by atoms with van der Waals surface area (Å²) in [5.41, 5.74) is 8.29. The Morgan fingerprint density at radius 1 is 1.37 bits per heavy atom. The van der Waals surface area contributed by atoms with E-state index in [2.05, 4.69) is 22.7 Å². The SMILES string of the molecule is C=CS(=O)(=O)N1CC(C(=O)N2CCC(N=C/C(=C\N)c3cc(OC)c4c(C#N)cnn4c3)CC2)C1. The van der Waals surface area contributed by atoms with Crippen LogP contribution in [0.25, 0.3) is 11.1 Å². The molecule has 0 aromatic carbocycles. The van der Waals surface area contributed by atoms with Gasteiger partial charge in [0, 0.05) is 61.3 Å². The maximum absolute atomic E-state index is 12.7. The van der Waals surface area contributed by atoms with Gasteiger partial charge >= 0.3 is 0 Å². The van der Waals surface area contributed by atoms with Gasteiger partial charge in [0.2, 0.25) is 15.9 Å². The number of aliphatic imine (C=N–C) groups is 1. The highest BCUT2D eigenvalue weighted by Crippen LogP contribution is 2.28. The molecule has 4 rings (SSSR count). The largest absolute Gasteiger partial charge is 0.494 e. The maximum atomic E-state index is 12.7. The molecule has 0 bridgehead atoms. The first-order chi connectivity index (χ1) is 16.8. The van der Waals surface area contributed by atoms with Crippen LogP contribution in [0.1, 0.15) is 24.0 Å². The van der Waals surface area contributed by atoms with Crippen LogP contribution >= 0.6 is 0 Å². The van der Waals surface area contributed by atoms with Crippen molar-refractivity contribution in [2.75, 3.05) is 33.3 Å². The molecule has 0 saturated carbocycles. The summed E-state index contributed by atoms with van der Waals surface area (Å²) in [6.07, 6.45) is 7.82. The van der Waals surface area contributed by atoms with Crippen molar-refractivity contribution in [1.82, 2.24) is 18.8 Å². The number of aromatic nitrogens is 2. The van der Waals surface area contributed by atoms with Crippen molar-refractivity contribution in [1.29, 1.82) is 5.26 Å². The number of hydrogen-bond donors (Lipinski definition) is 1. The minimum Gasteiger partial charge on any atom is -0.494 e. The first kappa shape index (κ1) is 24.4. The molecule has 35 heavy (non-hydrogen) atoms. The number of pyridine rings is 1. The van der Waals surface area contributed by atoms with Crippen LogP contribution in [0.5, 0.6) is 5.75 Å². The number of nitriles is 1. The molecule has 0 unspecified atom stereocenters. The zero-order chi connectivity index (χ0) is 25.2. The van der Waals surface area contributed by atoms with Crippen molar-refractivity contribution in [3.05, 3.63) is 47.8 Å². The molecule has 12 heteroatoms. The third-order valence-corrected chi connectivity index (χ3v) is 7.84. The smallest absolute Gasteiger partial charge is 0.235 e. The average Bonchev–Trinajstić information content (AvgIpc) is 3.26. The molecule has 2 N–H and O–H groups in total. The average molecular weight is 498 g/mol. The lowest BCUT2D eigenvalue weighted by Gasteiger charge is -2.40. The van der Waals surface area contributed by atoms with Gasteiger partial charge in [0.1, 0.15) is 22.9 Å². The maximum Gasteiger partial charge on any atom is 0.235 e. The summed E-state index contributed by atoms with van der Waals surface area (Å²) in [6, 6.07) is 3.93. The molecular formula is C23H27N7O4S. The number of nitrogens with two attached hydrogens (primary N) is 1. The number of likely N-dealkylation sites (tertiary alicyclic amines) is 1. The van der Waals surface area contributed by atoms with Gasteiger partial charge in [-0.3, -0.25) is 9.79 Å². The fourth-order valence-electron chi connectivity index (χ4n) is 4.28. The molecular weight excluding hydrogens is 470 g/mol. The van der Waals surface area contributed by atoms with Crippen molar-refractivity contribution < 1.29 is 17.9 Å². The highest BCUT2D eigenvalue weighted by molar-refractivity contribution is 7.92. The third-order valence-electron chi connectivity index (χ3n) is 6.40. The molecule has 4 heterocycles. The first-order valence-corrected chi connectivity index (χ1v) is 12.6. The number of rotatable bonds is 7. The molecule has 2 aliphatic heterocycles. The minimum absolute atomic E-state index is 0.0122. The number of sulfonamides is 1. The topological polar surface area (TPSA) is 146 Å². The first-order valence-electron chi connectivity index (χ1n) is 11.1. The van der Waals surface area contributed by atoms with Crippen LogP contribution in [-0.2, 0) is 14.8 Å². The van der Waals surface area contributed by atoms with Crippen LogP contribution in [0.4, 0.5) is 0 Å². The van der Waals surface area contributed by atoms with E-state index in [1.165, 1.54) is 23.8 Å². The minimum atomic E-state index is -3.46. The van der Waals surface area contributed by atoms with Crippen molar-refractivity contribution in [2.45, 2.75) is 18.9 Å². The number of ether oxygens (including phenoxy) is 1. The second kappa shape index (κ2) is 9.89. The van der Waals surface area contributed by atoms with E-state index in [1.54, 1.807) is 27.9 Å². The second-order valence-corrected chi connectivity index (χ2v) is 10.3. The summed E-state index contributed by atoms with van der Waals surface area (Å²) in [5.74, 6) is 0.193. The van der Waals surface area contributed by atoms with Crippen LogP contribution in [0, 0.1) is 17.2 Å². The van der Waals surface area contributed by atoms with Gasteiger partial charge in [-0.2, -0.15) is 14.7 Å². The van der Waals surface area contributed by atoms with Crippen LogP contribution in [0.15, 0.2) is 41.6 Å². The number of carbonyl (C=O) groups is 1. The summed E-state index contributed by atoms with van der Waals surface area (Å²) in [4.78, 5) is 19.2. The second-order valence-electron chi connectivity index (χ2n) is 8.44. The molecule has 0 radical (unpaired) electrons. The zero-order valence-electron chi connectivity index (χ0n) is 19.4. The van der Waals surface area contributed by atoms with E-state index in [9.17, 15) is 18.5 Å². The van der Waals surface area contributed by atoms with Crippen molar-refractivity contribution in [3.63, 3.8) is 0 Å². The van der Waals surface area contributed by atoms with E-state index in [0.717, 1.165) is 11.0 Å². The lowest BCUT2D eigenvalue weighted by molar-refractivity contribution is -0.140. The number of piperidine rings is 1. The Hall–Kier alpha value is -3.69. The van der Waals surface area contributed by atoms with Gasteiger partial charge in [0.15, 0.2) is 0 Å². The van der Waals surface area contributed by atoms with E-state index in [4.69, 9.17) is 10.5 Å². The Kier molecular flexibility index (Phi) is 6.90. The number of allylic oxidation sites excluding steroid dienone is 1. The van der Waals surface area contributed by atoms with Crippen molar-refractivity contribution in [3.8, 4) is 11.8 Å². The summed E-state index contributed by atoms with van der Waals surface area (Å²) in [6.45, 7) is 4.85. The van der Waals surface area contributed by atoms with Crippen LogP contribution in [0.3, 0.4) is 0 Å². The Morgan fingerprint density at radius 2 is 2.09 bits per heavy atom. The summed E-state index contributed by atoms with van der Waals surface area (Å²) in [7, 11) is -1.93. The number of methoxy groups -OCH3 is 1. The van der Waals surface area contributed by atoms with Crippen LogP contribution < -0.4 is 10.5 Å². The molecule has 0 aliphatic carbocycles. The Morgan fingerprint density at radius 3 is 2.69 bits per heavy atom. The van der Waals surface area contributed by atoms with Gasteiger partial charge in [0.25, 0.3) is 0 Å². The molecule has 2 saturated heterocycles. The number of nitrogens with zero attached hydrogens (tertiary/aromatic N) is 6. The monoisotopic (exact) mass is 497 g/mol. The molecule has 184 valence electrons. The molecule has 0 spiro atoms. The van der Waals surface area contributed by atoms with Gasteiger partial charge in [-0.25, -0.2) is 12.9 Å². The number of carbonyl (C=O) groups excluding carboxylic acids is 1. The van der Waals surface area contributed by atoms with Crippen molar-refractivity contribution >= 4 is 33.2 Å². The highest BCUT2D eigenvalue weighted by atomic mass is 32.2. The van der Waals surface area contributed by atoms with Gasteiger partial charge in [0.05, 0.1) is 25.3 Å². The van der Waals surface area contributed by atoms with E-state index in [-0.39, 0.29) is 31.0 Å². The van der Waals surface area contributed by atoms with Crippen molar-refractivity contribution in [2.24, 2.45) is 16.6 Å². The van der Waals surface area contributed by atoms with E-state index in [1.807, 2.05) is 0 Å². The fourth-order valence-corrected chi connectivity index (χ4v) is 5.27. The molecule has 0 atom stereocenters. The van der Waals surface area contributed by atoms with Gasteiger partial charge in [-0.1, -0.05) is 6.58 Å². The molecule has 2 fully saturated rings. The Bertz CT molecular complexity index is 1340.